The molecule has 2 aromatic rings. The first-order valence-electron chi connectivity index (χ1n) is 3.92. The van der Waals surface area contributed by atoms with Gasteiger partial charge in [-0.05, 0) is 23.6 Å². The number of hydrogen-bond acceptors (Lipinski definition) is 4. The molecule has 2 rings (SSSR count). The van der Waals surface area contributed by atoms with E-state index in [1.54, 1.807) is 18.2 Å². The number of halogens is 1. The van der Waals surface area contributed by atoms with Crippen molar-refractivity contribution in [3.8, 4) is 0 Å². The molecule has 0 fully saturated rings. The third-order valence-electron chi connectivity index (χ3n) is 1.91. The molecule has 72 valence electrons. The van der Waals surface area contributed by atoms with Crippen molar-refractivity contribution in [2.45, 2.75) is 0 Å². The second kappa shape index (κ2) is 3.44. The number of fused-ring (bicyclic) bond motifs is 1. The topological polar surface area (TPSA) is 66.5 Å². The van der Waals surface area contributed by atoms with Gasteiger partial charge in [0.1, 0.15) is 0 Å². The third-order valence-corrected chi connectivity index (χ3v) is 3.37. The molecule has 14 heavy (non-hydrogen) atoms. The number of nitrogen functional groups attached to an aromatic ring is 1. The van der Waals surface area contributed by atoms with Crippen molar-refractivity contribution in [1.29, 1.82) is 0 Å². The zero-order valence-electron chi connectivity index (χ0n) is 7.07. The van der Waals surface area contributed by atoms with Crippen molar-refractivity contribution in [3.05, 3.63) is 23.2 Å². The lowest BCUT2D eigenvalue weighted by atomic mass is 9.89. The summed E-state index contributed by atoms with van der Waals surface area (Å²) in [6.07, 6.45) is 0. The van der Waals surface area contributed by atoms with Crippen LogP contribution in [0.2, 0.25) is 5.02 Å². The molecule has 4 N–H and O–H groups in total. The first-order valence-corrected chi connectivity index (χ1v) is 5.12. The molecular weight excluding hydrogens is 220 g/mol. The first kappa shape index (κ1) is 9.80. The molecule has 1 heterocycles. The Bertz CT molecular complexity index is 446. The Morgan fingerprint density at radius 2 is 2.00 bits per heavy atom. The zero-order chi connectivity index (χ0) is 10.3. The van der Waals surface area contributed by atoms with Crippen LogP contribution in [0.3, 0.4) is 0 Å². The summed E-state index contributed by atoms with van der Waals surface area (Å²) in [5.74, 6) is 0. The summed E-state index contributed by atoms with van der Waals surface area (Å²) in [6, 6.07) is 5.14. The van der Waals surface area contributed by atoms with Crippen molar-refractivity contribution >= 4 is 50.6 Å². The molecule has 0 saturated heterocycles. The quantitative estimate of drug-likeness (QED) is 0.499. The van der Waals surface area contributed by atoms with Gasteiger partial charge in [-0.25, -0.2) is 0 Å². The molecule has 0 aliphatic heterocycles. The van der Waals surface area contributed by atoms with E-state index in [9.17, 15) is 0 Å². The van der Waals surface area contributed by atoms with Gasteiger partial charge >= 0.3 is 7.12 Å². The van der Waals surface area contributed by atoms with E-state index >= 15 is 0 Å². The molecule has 1 aromatic heterocycles. The predicted octanol–water partition coefficient (Wildman–Crippen LogP) is 0.817. The Hall–Kier alpha value is -0.745. The maximum Gasteiger partial charge on any atom is 0.499 e. The molecule has 0 amide bonds. The summed E-state index contributed by atoms with van der Waals surface area (Å²) in [5.41, 5.74) is 6.12. The van der Waals surface area contributed by atoms with E-state index in [4.69, 9.17) is 27.4 Å². The van der Waals surface area contributed by atoms with Gasteiger partial charge in [-0.3, -0.25) is 0 Å². The van der Waals surface area contributed by atoms with E-state index in [0.29, 0.717) is 15.5 Å². The van der Waals surface area contributed by atoms with Crippen LogP contribution in [-0.2, 0) is 0 Å². The Morgan fingerprint density at radius 3 is 2.64 bits per heavy atom. The Balaban J connectivity index is 2.66. The van der Waals surface area contributed by atoms with Gasteiger partial charge in [-0.15, -0.1) is 11.3 Å². The lowest BCUT2D eigenvalue weighted by molar-refractivity contribution is 0.427. The Labute approximate surface area is 89.9 Å². The average molecular weight is 227 g/mol. The standard InChI is InChI=1S/C8H7BClNO2S/c10-5-1-4-2-8(9(12)13)14-7(4)3-6(5)11/h1-3,12-13H,11H2. The number of rotatable bonds is 1. The van der Waals surface area contributed by atoms with Crippen LogP contribution >= 0.6 is 22.9 Å². The average Bonchev–Trinajstić information content (AvgIpc) is 2.48. The predicted molar refractivity (Wildman–Crippen MR) is 61.1 cm³/mol. The van der Waals surface area contributed by atoms with E-state index in [0.717, 1.165) is 10.1 Å². The highest BCUT2D eigenvalue weighted by atomic mass is 35.5. The Kier molecular flexibility index (Phi) is 2.40. The summed E-state index contributed by atoms with van der Waals surface area (Å²) in [4.78, 5) is 0. The van der Waals surface area contributed by atoms with Gasteiger partial charge in [0.05, 0.1) is 10.7 Å². The zero-order valence-corrected chi connectivity index (χ0v) is 8.64. The number of thiophene rings is 1. The lowest BCUT2D eigenvalue weighted by Gasteiger charge is -1.96. The van der Waals surface area contributed by atoms with E-state index in [1.165, 1.54) is 11.3 Å². The fourth-order valence-electron chi connectivity index (χ4n) is 1.22. The summed E-state index contributed by atoms with van der Waals surface area (Å²) in [6.45, 7) is 0. The van der Waals surface area contributed by atoms with Crippen molar-refractivity contribution in [2.75, 3.05) is 5.73 Å². The van der Waals surface area contributed by atoms with Gasteiger partial charge in [0.25, 0.3) is 0 Å². The van der Waals surface area contributed by atoms with E-state index in [1.807, 2.05) is 0 Å². The van der Waals surface area contributed by atoms with Crippen LogP contribution < -0.4 is 10.5 Å². The van der Waals surface area contributed by atoms with E-state index in [-0.39, 0.29) is 0 Å². The molecule has 1 aromatic carbocycles. The van der Waals surface area contributed by atoms with E-state index in [2.05, 4.69) is 0 Å². The SMILES string of the molecule is Nc1cc2sc(B(O)O)cc2cc1Cl. The molecule has 0 bridgehead atoms. The molecule has 3 nitrogen and oxygen atoms in total. The molecule has 0 unspecified atom stereocenters. The maximum atomic E-state index is 8.97. The fraction of sp³-hybridized carbons (Fsp3) is 0. The minimum Gasteiger partial charge on any atom is -0.423 e. The number of hydrogen-bond donors (Lipinski definition) is 3. The van der Waals surface area contributed by atoms with Crippen LogP contribution in [0.25, 0.3) is 10.1 Å². The van der Waals surface area contributed by atoms with Crippen molar-refractivity contribution < 1.29 is 10.0 Å². The Morgan fingerprint density at radius 1 is 1.29 bits per heavy atom. The summed E-state index contributed by atoms with van der Waals surface area (Å²) in [5, 5.41) is 19.3. The molecule has 0 aliphatic carbocycles. The molecule has 0 atom stereocenters. The lowest BCUT2D eigenvalue weighted by Crippen LogP contribution is -2.26. The van der Waals surface area contributed by atoms with Gasteiger partial charge < -0.3 is 15.8 Å². The van der Waals surface area contributed by atoms with Gasteiger partial charge in [-0.1, -0.05) is 11.6 Å². The van der Waals surface area contributed by atoms with Crippen molar-refractivity contribution in [1.82, 2.24) is 0 Å². The van der Waals surface area contributed by atoms with Gasteiger partial charge in [0.2, 0.25) is 0 Å². The van der Waals surface area contributed by atoms with Crippen LogP contribution in [0, 0.1) is 0 Å². The van der Waals surface area contributed by atoms with Crippen molar-refractivity contribution in [2.24, 2.45) is 0 Å². The highest BCUT2D eigenvalue weighted by molar-refractivity contribution is 7.27. The van der Waals surface area contributed by atoms with Gasteiger partial charge in [-0.2, -0.15) is 0 Å². The number of anilines is 1. The minimum absolute atomic E-state index is 0.481. The molecule has 6 heteroatoms. The van der Waals surface area contributed by atoms with E-state index < -0.39 is 7.12 Å². The smallest absolute Gasteiger partial charge is 0.423 e. The molecule has 0 saturated carbocycles. The minimum atomic E-state index is -1.44. The highest BCUT2D eigenvalue weighted by Gasteiger charge is 2.15. The van der Waals surface area contributed by atoms with Crippen LogP contribution in [0.1, 0.15) is 0 Å². The third kappa shape index (κ3) is 1.59. The number of nitrogens with two attached hydrogens (primary N) is 1. The first-order chi connectivity index (χ1) is 6.58. The van der Waals surface area contributed by atoms with Gasteiger partial charge in [0.15, 0.2) is 0 Å². The second-order valence-electron chi connectivity index (χ2n) is 2.93. The highest BCUT2D eigenvalue weighted by Crippen LogP contribution is 2.28. The largest absolute Gasteiger partial charge is 0.499 e. The van der Waals surface area contributed by atoms with Crippen LogP contribution in [0.4, 0.5) is 5.69 Å². The molecule has 0 radical (unpaired) electrons. The normalized spacial score (nSPS) is 10.8. The van der Waals surface area contributed by atoms with Crippen molar-refractivity contribution in [3.63, 3.8) is 0 Å². The van der Waals surface area contributed by atoms with Gasteiger partial charge in [0, 0.05) is 9.48 Å². The summed E-state index contributed by atoms with van der Waals surface area (Å²) >= 11 is 7.12. The van der Waals surface area contributed by atoms with Crippen LogP contribution in [-0.4, -0.2) is 17.2 Å². The maximum absolute atomic E-state index is 8.97. The number of benzene rings is 1. The summed E-state index contributed by atoms with van der Waals surface area (Å²) < 4.78 is 1.39. The molecular formula is C8H7BClNO2S. The monoisotopic (exact) mass is 227 g/mol. The van der Waals surface area contributed by atoms with Crippen LogP contribution in [0.15, 0.2) is 18.2 Å². The fourth-order valence-corrected chi connectivity index (χ4v) is 2.36. The summed E-state index contributed by atoms with van der Waals surface area (Å²) in [7, 11) is -1.44. The van der Waals surface area contributed by atoms with Crippen LogP contribution in [0.5, 0.6) is 0 Å². The second-order valence-corrected chi connectivity index (χ2v) is 4.46. The molecule has 0 spiro atoms. The molecule has 0 aliphatic rings.